The number of aromatic nitrogens is 2. The Morgan fingerprint density at radius 3 is 2.38 bits per heavy atom. The largest absolute Gasteiger partial charge is 0.573 e. The van der Waals surface area contributed by atoms with Gasteiger partial charge in [0.1, 0.15) is 5.75 Å². The van der Waals surface area contributed by atoms with Gasteiger partial charge < -0.3 is 19.9 Å². The molecular formula is C18H22F3IN6O. The number of hydrogen-bond donors (Lipinski definition) is 1. The topological polar surface area (TPSA) is 65.9 Å². The van der Waals surface area contributed by atoms with E-state index in [4.69, 9.17) is 0 Å². The third kappa shape index (κ3) is 6.61. The number of halogens is 4. The molecule has 0 unspecified atom stereocenters. The number of anilines is 1. The number of rotatable bonds is 4. The van der Waals surface area contributed by atoms with Crippen molar-refractivity contribution in [2.75, 3.05) is 38.1 Å². The molecule has 0 bridgehead atoms. The molecule has 0 spiro atoms. The van der Waals surface area contributed by atoms with Crippen LogP contribution < -0.4 is 15.0 Å². The molecule has 1 N–H and O–H groups in total. The fourth-order valence-electron chi connectivity index (χ4n) is 2.95. The van der Waals surface area contributed by atoms with E-state index >= 15 is 0 Å². The number of piperazine rings is 1. The van der Waals surface area contributed by atoms with Gasteiger partial charge in [0, 0.05) is 57.7 Å². The maximum Gasteiger partial charge on any atom is 0.573 e. The van der Waals surface area contributed by atoms with E-state index in [9.17, 15) is 13.2 Å². The first-order valence-electron chi connectivity index (χ1n) is 8.77. The van der Waals surface area contributed by atoms with Crippen molar-refractivity contribution in [2.24, 2.45) is 4.99 Å². The van der Waals surface area contributed by atoms with Crippen LogP contribution in [0.25, 0.3) is 0 Å². The fourth-order valence-corrected chi connectivity index (χ4v) is 2.95. The van der Waals surface area contributed by atoms with Gasteiger partial charge in [-0.15, -0.1) is 37.1 Å². The summed E-state index contributed by atoms with van der Waals surface area (Å²) in [5.41, 5.74) is 0.400. The van der Waals surface area contributed by atoms with Gasteiger partial charge in [-0.3, -0.25) is 4.99 Å². The highest BCUT2D eigenvalue weighted by Crippen LogP contribution is 2.26. The number of ether oxygens (including phenoxy) is 1. The molecule has 1 aromatic carbocycles. The van der Waals surface area contributed by atoms with Crippen LogP contribution in [0.3, 0.4) is 0 Å². The van der Waals surface area contributed by atoms with Crippen LogP contribution in [0, 0.1) is 0 Å². The Labute approximate surface area is 184 Å². The van der Waals surface area contributed by atoms with Crippen LogP contribution in [-0.4, -0.2) is 60.4 Å². The Morgan fingerprint density at radius 1 is 1.10 bits per heavy atom. The molecule has 11 heteroatoms. The minimum Gasteiger partial charge on any atom is -0.405 e. The van der Waals surface area contributed by atoms with Crippen molar-refractivity contribution in [1.29, 1.82) is 0 Å². The summed E-state index contributed by atoms with van der Waals surface area (Å²) in [7, 11) is 1.65. The number of benzene rings is 1. The lowest BCUT2D eigenvalue weighted by molar-refractivity contribution is -0.274. The van der Waals surface area contributed by atoms with E-state index < -0.39 is 6.36 Å². The minimum atomic E-state index is -4.73. The Kier molecular flexibility index (Phi) is 8.29. The minimum absolute atomic E-state index is 0. The van der Waals surface area contributed by atoms with Gasteiger partial charge in [0.2, 0.25) is 5.95 Å². The number of guanidine groups is 1. The van der Waals surface area contributed by atoms with Gasteiger partial charge in [-0.1, -0.05) is 18.2 Å². The first kappa shape index (κ1) is 23.0. The SMILES string of the molecule is CN=C(NCc1ccccc1OC(F)(F)F)N1CCN(c2ncccn2)CC1.I. The van der Waals surface area contributed by atoms with Crippen molar-refractivity contribution in [3.8, 4) is 5.75 Å². The molecule has 0 atom stereocenters. The zero-order valence-electron chi connectivity index (χ0n) is 15.8. The van der Waals surface area contributed by atoms with Gasteiger partial charge in [0.05, 0.1) is 0 Å². The summed E-state index contributed by atoms with van der Waals surface area (Å²) in [5, 5.41) is 3.12. The molecule has 1 saturated heterocycles. The highest BCUT2D eigenvalue weighted by Gasteiger charge is 2.32. The van der Waals surface area contributed by atoms with Gasteiger partial charge in [-0.05, 0) is 12.1 Å². The smallest absolute Gasteiger partial charge is 0.405 e. The summed E-state index contributed by atoms with van der Waals surface area (Å²) in [4.78, 5) is 16.9. The van der Waals surface area contributed by atoms with E-state index in [1.165, 1.54) is 12.1 Å². The van der Waals surface area contributed by atoms with Gasteiger partial charge in [0.15, 0.2) is 5.96 Å². The number of nitrogens with zero attached hydrogens (tertiary/aromatic N) is 5. The predicted molar refractivity (Wildman–Crippen MR) is 115 cm³/mol. The quantitative estimate of drug-likeness (QED) is 0.379. The average molecular weight is 522 g/mol. The Hall–Kier alpha value is -2.31. The van der Waals surface area contributed by atoms with Crippen molar-refractivity contribution < 1.29 is 17.9 Å². The monoisotopic (exact) mass is 522 g/mol. The molecule has 1 fully saturated rings. The maximum atomic E-state index is 12.6. The van der Waals surface area contributed by atoms with Crippen LogP contribution in [0.2, 0.25) is 0 Å². The molecule has 7 nitrogen and oxygen atoms in total. The molecule has 0 amide bonds. The highest BCUT2D eigenvalue weighted by molar-refractivity contribution is 14.0. The molecule has 2 aromatic rings. The summed E-state index contributed by atoms with van der Waals surface area (Å²) in [6.07, 6.45) is -1.32. The molecule has 2 heterocycles. The van der Waals surface area contributed by atoms with Gasteiger partial charge in [-0.2, -0.15) is 0 Å². The second-order valence-corrected chi connectivity index (χ2v) is 6.08. The van der Waals surface area contributed by atoms with Crippen molar-refractivity contribution in [3.63, 3.8) is 0 Å². The van der Waals surface area contributed by atoms with E-state index in [2.05, 4.69) is 29.9 Å². The van der Waals surface area contributed by atoms with Crippen LogP contribution in [0.15, 0.2) is 47.7 Å². The molecule has 1 aliphatic heterocycles. The number of nitrogens with one attached hydrogen (secondary N) is 1. The van der Waals surface area contributed by atoms with E-state index in [0.717, 1.165) is 13.1 Å². The van der Waals surface area contributed by atoms with Gasteiger partial charge in [0.25, 0.3) is 0 Å². The predicted octanol–water partition coefficient (Wildman–Crippen LogP) is 2.89. The molecule has 1 aliphatic rings. The first-order valence-corrected chi connectivity index (χ1v) is 8.77. The van der Waals surface area contributed by atoms with E-state index in [1.807, 2.05) is 4.90 Å². The molecule has 29 heavy (non-hydrogen) atoms. The Morgan fingerprint density at radius 2 is 1.76 bits per heavy atom. The van der Waals surface area contributed by atoms with Crippen molar-refractivity contribution in [2.45, 2.75) is 12.9 Å². The number of alkyl halides is 3. The summed E-state index contributed by atoms with van der Waals surface area (Å²) in [6.45, 7) is 3.00. The first-order chi connectivity index (χ1) is 13.5. The molecule has 3 rings (SSSR count). The van der Waals surface area contributed by atoms with Crippen LogP contribution >= 0.6 is 24.0 Å². The zero-order chi connectivity index (χ0) is 20.0. The molecule has 1 aromatic heterocycles. The molecule has 158 valence electrons. The summed E-state index contributed by atoms with van der Waals surface area (Å²) in [6, 6.07) is 7.83. The second kappa shape index (κ2) is 10.5. The van der Waals surface area contributed by atoms with Crippen molar-refractivity contribution in [3.05, 3.63) is 48.3 Å². The van der Waals surface area contributed by atoms with Crippen LogP contribution in [0.4, 0.5) is 19.1 Å². The normalized spacial score (nSPS) is 15.0. The second-order valence-electron chi connectivity index (χ2n) is 6.08. The fraction of sp³-hybridized carbons (Fsp3) is 0.389. The highest BCUT2D eigenvalue weighted by atomic mass is 127. The van der Waals surface area contributed by atoms with Crippen LogP contribution in [0.5, 0.6) is 5.75 Å². The lowest BCUT2D eigenvalue weighted by Crippen LogP contribution is -2.52. The zero-order valence-corrected chi connectivity index (χ0v) is 18.1. The third-order valence-corrected chi connectivity index (χ3v) is 4.26. The average Bonchev–Trinajstić information content (AvgIpc) is 2.70. The van der Waals surface area contributed by atoms with E-state index in [0.29, 0.717) is 30.6 Å². The lowest BCUT2D eigenvalue weighted by Gasteiger charge is -2.36. The van der Waals surface area contributed by atoms with Crippen molar-refractivity contribution in [1.82, 2.24) is 20.2 Å². The van der Waals surface area contributed by atoms with Gasteiger partial charge >= 0.3 is 6.36 Å². The van der Waals surface area contributed by atoms with Crippen LogP contribution in [-0.2, 0) is 6.54 Å². The third-order valence-electron chi connectivity index (χ3n) is 4.26. The lowest BCUT2D eigenvalue weighted by atomic mass is 10.2. The summed E-state index contributed by atoms with van der Waals surface area (Å²) in [5.74, 6) is 1.09. The molecule has 0 saturated carbocycles. The number of hydrogen-bond acceptors (Lipinski definition) is 5. The van der Waals surface area contributed by atoms with Gasteiger partial charge in [-0.25, -0.2) is 9.97 Å². The molecule has 0 aliphatic carbocycles. The number of para-hydroxylation sites is 1. The van der Waals surface area contributed by atoms with E-state index in [-0.39, 0.29) is 36.3 Å². The summed E-state index contributed by atoms with van der Waals surface area (Å²) >= 11 is 0. The maximum absolute atomic E-state index is 12.6. The van der Waals surface area contributed by atoms with Crippen LogP contribution in [0.1, 0.15) is 5.56 Å². The Balaban J connectivity index is 0.00000300. The Bertz CT molecular complexity index is 798. The van der Waals surface area contributed by atoms with Crippen molar-refractivity contribution >= 4 is 35.9 Å². The standard InChI is InChI=1S/C18H21F3N6O.HI/c1-22-16(25-13-14-5-2-3-6-15(14)28-18(19,20)21)26-9-11-27(12-10-26)17-23-7-4-8-24-17;/h2-8H,9-13H2,1H3,(H,22,25);1H. The van der Waals surface area contributed by atoms with E-state index in [1.54, 1.807) is 37.6 Å². The molecule has 0 radical (unpaired) electrons. The summed E-state index contributed by atoms with van der Waals surface area (Å²) < 4.78 is 41.8. The number of aliphatic imine (C=N–C) groups is 1. The molecular weight excluding hydrogens is 500 g/mol.